The quantitative estimate of drug-likeness (QED) is 0.684. The number of allylic oxidation sites excluding steroid dienone is 1. The van der Waals surface area contributed by atoms with Crippen LogP contribution >= 0.6 is 23.2 Å². The molecule has 0 bridgehead atoms. The van der Waals surface area contributed by atoms with Gasteiger partial charge in [-0.1, -0.05) is 29.3 Å². The number of anilines is 1. The summed E-state index contributed by atoms with van der Waals surface area (Å²) in [6, 6.07) is 4.64. The molecule has 6 heteroatoms. The highest BCUT2D eigenvalue weighted by Crippen LogP contribution is 2.22. The molecule has 0 saturated heterocycles. The number of carbonyl (C=O) groups excluding carboxylic acids is 2. The molecule has 1 aromatic rings. The van der Waals surface area contributed by atoms with E-state index >= 15 is 0 Å². The molecule has 0 aromatic heterocycles. The van der Waals surface area contributed by atoms with Crippen LogP contribution in [0.15, 0.2) is 30.4 Å². The van der Waals surface area contributed by atoms with Crippen LogP contribution in [0.4, 0.5) is 5.69 Å². The number of ether oxygens (including phenoxy) is 1. The average molecular weight is 302 g/mol. The monoisotopic (exact) mass is 301 g/mol. The van der Waals surface area contributed by atoms with Gasteiger partial charge in [0.05, 0.1) is 0 Å². The largest absolute Gasteiger partial charge is 0.449 e. The Morgan fingerprint density at radius 1 is 1.26 bits per heavy atom. The molecular formula is C13H13Cl2NO3. The van der Waals surface area contributed by atoms with Crippen molar-refractivity contribution in [2.24, 2.45) is 0 Å². The number of rotatable bonds is 4. The van der Waals surface area contributed by atoms with E-state index in [2.05, 4.69) is 5.32 Å². The number of amides is 1. The van der Waals surface area contributed by atoms with Crippen molar-refractivity contribution in [1.29, 1.82) is 0 Å². The van der Waals surface area contributed by atoms with Gasteiger partial charge in [0.15, 0.2) is 6.10 Å². The van der Waals surface area contributed by atoms with Gasteiger partial charge in [-0.2, -0.15) is 0 Å². The van der Waals surface area contributed by atoms with Crippen molar-refractivity contribution in [3.05, 3.63) is 40.4 Å². The predicted molar refractivity (Wildman–Crippen MR) is 75.5 cm³/mol. The molecule has 1 aromatic carbocycles. The topological polar surface area (TPSA) is 55.4 Å². The highest BCUT2D eigenvalue weighted by Gasteiger charge is 2.16. The van der Waals surface area contributed by atoms with Crippen LogP contribution in [0.5, 0.6) is 0 Å². The average Bonchev–Trinajstić information content (AvgIpc) is 2.27. The van der Waals surface area contributed by atoms with E-state index in [1.165, 1.54) is 19.1 Å². The summed E-state index contributed by atoms with van der Waals surface area (Å²) in [5.74, 6) is -1.04. The third-order valence-corrected chi connectivity index (χ3v) is 2.53. The minimum atomic E-state index is -0.915. The summed E-state index contributed by atoms with van der Waals surface area (Å²) in [5.41, 5.74) is 0.441. The zero-order valence-corrected chi connectivity index (χ0v) is 12.0. The second kappa shape index (κ2) is 7.16. The molecule has 0 radical (unpaired) electrons. The Morgan fingerprint density at radius 3 is 2.37 bits per heavy atom. The van der Waals surface area contributed by atoms with Crippen LogP contribution in [0, 0.1) is 0 Å². The van der Waals surface area contributed by atoms with Crippen molar-refractivity contribution in [3.63, 3.8) is 0 Å². The molecule has 0 aliphatic heterocycles. The third-order valence-electron chi connectivity index (χ3n) is 2.09. The summed E-state index contributed by atoms with van der Waals surface area (Å²) >= 11 is 11.6. The molecule has 0 aliphatic rings. The van der Waals surface area contributed by atoms with Crippen molar-refractivity contribution < 1.29 is 14.3 Å². The zero-order chi connectivity index (χ0) is 14.4. The van der Waals surface area contributed by atoms with Crippen LogP contribution in [0.3, 0.4) is 0 Å². The highest BCUT2D eigenvalue weighted by atomic mass is 35.5. The number of benzene rings is 1. The summed E-state index contributed by atoms with van der Waals surface area (Å²) in [6.45, 7) is 3.16. The minimum absolute atomic E-state index is 0.404. The zero-order valence-electron chi connectivity index (χ0n) is 10.4. The van der Waals surface area contributed by atoms with Gasteiger partial charge in [-0.25, -0.2) is 4.79 Å². The molecule has 1 unspecified atom stereocenters. The van der Waals surface area contributed by atoms with Crippen LogP contribution < -0.4 is 5.32 Å². The van der Waals surface area contributed by atoms with Crippen LogP contribution in [-0.2, 0) is 14.3 Å². The molecule has 4 nitrogen and oxygen atoms in total. The van der Waals surface area contributed by atoms with E-state index in [1.807, 2.05) is 0 Å². The number of nitrogens with one attached hydrogen (secondary N) is 1. The van der Waals surface area contributed by atoms with Gasteiger partial charge in [0.2, 0.25) is 0 Å². The maximum absolute atomic E-state index is 11.8. The van der Waals surface area contributed by atoms with Crippen LogP contribution in [0.25, 0.3) is 0 Å². The predicted octanol–water partition coefficient (Wildman–Crippen LogP) is 3.44. The number of hydrogen-bond donors (Lipinski definition) is 1. The first-order chi connectivity index (χ1) is 8.92. The maximum atomic E-state index is 11.8. The van der Waals surface area contributed by atoms with Crippen molar-refractivity contribution in [3.8, 4) is 0 Å². The van der Waals surface area contributed by atoms with E-state index in [-0.39, 0.29) is 0 Å². The lowest BCUT2D eigenvalue weighted by atomic mass is 10.3. The Hall–Kier alpha value is -1.52. The second-order valence-corrected chi connectivity index (χ2v) is 4.60. The molecule has 1 atom stereocenters. The summed E-state index contributed by atoms with van der Waals surface area (Å²) in [6.07, 6.45) is 1.85. The second-order valence-electron chi connectivity index (χ2n) is 3.73. The summed E-state index contributed by atoms with van der Waals surface area (Å²) in [5, 5.41) is 3.37. The molecule has 1 N–H and O–H groups in total. The number of carbonyl (C=O) groups is 2. The van der Waals surface area contributed by atoms with Gasteiger partial charge in [0, 0.05) is 21.8 Å². The van der Waals surface area contributed by atoms with Crippen LogP contribution in [-0.4, -0.2) is 18.0 Å². The van der Waals surface area contributed by atoms with E-state index in [0.717, 1.165) is 0 Å². The maximum Gasteiger partial charge on any atom is 0.331 e. The van der Waals surface area contributed by atoms with Gasteiger partial charge in [-0.3, -0.25) is 4.79 Å². The molecule has 1 amide bonds. The first-order valence-corrected chi connectivity index (χ1v) is 6.28. The van der Waals surface area contributed by atoms with Crippen molar-refractivity contribution >= 4 is 40.8 Å². The fraction of sp³-hybridized carbons (Fsp3) is 0.231. The first-order valence-electron chi connectivity index (χ1n) is 5.52. The number of hydrogen-bond acceptors (Lipinski definition) is 3. The normalized spacial score (nSPS) is 12.2. The Labute approximate surface area is 121 Å². The molecular weight excluding hydrogens is 289 g/mol. The van der Waals surface area contributed by atoms with Gasteiger partial charge in [-0.05, 0) is 32.0 Å². The van der Waals surface area contributed by atoms with E-state index in [1.54, 1.807) is 25.1 Å². The Bertz CT molecular complexity index is 494. The molecule has 0 fully saturated rings. The molecule has 0 aliphatic carbocycles. The first kappa shape index (κ1) is 15.5. The highest BCUT2D eigenvalue weighted by molar-refractivity contribution is 6.35. The van der Waals surface area contributed by atoms with Gasteiger partial charge in [-0.15, -0.1) is 0 Å². The van der Waals surface area contributed by atoms with E-state index < -0.39 is 18.0 Å². The Morgan fingerprint density at radius 2 is 1.84 bits per heavy atom. The van der Waals surface area contributed by atoms with Gasteiger partial charge in [0.1, 0.15) is 0 Å². The van der Waals surface area contributed by atoms with Crippen LogP contribution in [0.1, 0.15) is 13.8 Å². The van der Waals surface area contributed by atoms with Crippen LogP contribution in [0.2, 0.25) is 10.0 Å². The third kappa shape index (κ3) is 5.32. The fourth-order valence-electron chi connectivity index (χ4n) is 1.27. The molecule has 0 heterocycles. The van der Waals surface area contributed by atoms with E-state index in [4.69, 9.17) is 27.9 Å². The van der Waals surface area contributed by atoms with Crippen molar-refractivity contribution in [2.75, 3.05) is 5.32 Å². The smallest absolute Gasteiger partial charge is 0.331 e. The molecule has 0 spiro atoms. The molecule has 102 valence electrons. The van der Waals surface area contributed by atoms with Gasteiger partial charge < -0.3 is 10.1 Å². The molecule has 0 saturated carbocycles. The minimum Gasteiger partial charge on any atom is -0.449 e. The number of halogens is 2. The fourth-order valence-corrected chi connectivity index (χ4v) is 1.80. The Balaban J connectivity index is 2.66. The standard InChI is InChI=1S/C13H13Cl2NO3/c1-3-4-12(17)19-8(2)13(18)16-11-6-9(14)5-10(15)7-11/h3-8H,1-2H3,(H,16,18). The lowest BCUT2D eigenvalue weighted by Crippen LogP contribution is -2.29. The number of esters is 1. The Kier molecular flexibility index (Phi) is 5.86. The summed E-state index contributed by atoms with van der Waals surface area (Å²) in [4.78, 5) is 23.0. The lowest BCUT2D eigenvalue weighted by Gasteiger charge is -2.12. The van der Waals surface area contributed by atoms with Gasteiger partial charge in [0.25, 0.3) is 5.91 Å². The summed E-state index contributed by atoms with van der Waals surface area (Å²) in [7, 11) is 0. The van der Waals surface area contributed by atoms with E-state index in [0.29, 0.717) is 15.7 Å². The molecule has 19 heavy (non-hydrogen) atoms. The van der Waals surface area contributed by atoms with E-state index in [9.17, 15) is 9.59 Å². The van der Waals surface area contributed by atoms with Gasteiger partial charge >= 0.3 is 5.97 Å². The van der Waals surface area contributed by atoms with Crippen molar-refractivity contribution in [2.45, 2.75) is 20.0 Å². The van der Waals surface area contributed by atoms with Crippen molar-refractivity contribution in [1.82, 2.24) is 0 Å². The summed E-state index contributed by atoms with van der Waals surface area (Å²) < 4.78 is 4.88. The molecule has 1 rings (SSSR count). The lowest BCUT2D eigenvalue weighted by molar-refractivity contribution is -0.148. The SMILES string of the molecule is CC=CC(=O)OC(C)C(=O)Nc1cc(Cl)cc(Cl)c1.